The average Bonchev–Trinajstić information content (AvgIpc) is 2.65. The van der Waals surface area contributed by atoms with Crippen LogP contribution in [0.1, 0.15) is 12.0 Å². The molecule has 2 rings (SSSR count). The molecule has 1 radical (unpaired) electrons. The molecule has 1 fully saturated rings. The molecule has 1 saturated heterocycles. The molecule has 0 unspecified atom stereocenters. The highest BCUT2D eigenvalue weighted by atomic mass is 16.2. The van der Waals surface area contributed by atoms with Gasteiger partial charge < -0.3 is 10.6 Å². The fourth-order valence-corrected chi connectivity index (χ4v) is 1.65. The van der Waals surface area contributed by atoms with Crippen molar-refractivity contribution in [1.29, 1.82) is 0 Å². The van der Waals surface area contributed by atoms with Crippen molar-refractivity contribution in [1.82, 2.24) is 0 Å². The minimum Gasteiger partial charge on any atom is -0.326 e. The molecule has 0 bridgehead atoms. The molecule has 0 atom stereocenters. The monoisotopic (exact) mass is 189 g/mol. The first kappa shape index (κ1) is 9.21. The Morgan fingerprint density at radius 1 is 1.43 bits per heavy atom. The summed E-state index contributed by atoms with van der Waals surface area (Å²) in [4.78, 5) is 13.2. The van der Waals surface area contributed by atoms with Gasteiger partial charge in [0.2, 0.25) is 5.91 Å². The molecule has 0 spiro atoms. The summed E-state index contributed by atoms with van der Waals surface area (Å²) in [5.41, 5.74) is 7.55. The summed E-state index contributed by atoms with van der Waals surface area (Å²) in [6, 6.07) is 7.81. The summed E-state index contributed by atoms with van der Waals surface area (Å²) >= 11 is 0. The van der Waals surface area contributed by atoms with E-state index in [1.165, 1.54) is 0 Å². The Labute approximate surface area is 83.5 Å². The molecular weight excluding hydrogens is 176 g/mol. The van der Waals surface area contributed by atoms with Crippen molar-refractivity contribution in [3.05, 3.63) is 36.2 Å². The quantitative estimate of drug-likeness (QED) is 0.756. The summed E-state index contributed by atoms with van der Waals surface area (Å²) in [7, 11) is 0. The summed E-state index contributed by atoms with van der Waals surface area (Å²) in [6.07, 6.45) is 2.56. The second kappa shape index (κ2) is 3.80. The SMILES string of the molecule is NCc1cccc(N2CC[CH]C2=O)c1. The fraction of sp³-hybridized carbons (Fsp3) is 0.273. The zero-order chi connectivity index (χ0) is 9.97. The van der Waals surface area contributed by atoms with Gasteiger partial charge in [0.15, 0.2) is 0 Å². The third-order valence-electron chi connectivity index (χ3n) is 2.40. The maximum absolute atomic E-state index is 11.4. The third kappa shape index (κ3) is 1.63. The van der Waals surface area contributed by atoms with Gasteiger partial charge in [-0.05, 0) is 24.1 Å². The van der Waals surface area contributed by atoms with Crippen molar-refractivity contribution < 1.29 is 4.79 Å². The summed E-state index contributed by atoms with van der Waals surface area (Å²) < 4.78 is 0. The van der Waals surface area contributed by atoms with Gasteiger partial charge in [-0.25, -0.2) is 0 Å². The van der Waals surface area contributed by atoms with Gasteiger partial charge in [0.25, 0.3) is 0 Å². The molecule has 0 aliphatic carbocycles. The predicted octanol–water partition coefficient (Wildman–Crippen LogP) is 1.09. The van der Waals surface area contributed by atoms with Crippen molar-refractivity contribution >= 4 is 11.6 Å². The van der Waals surface area contributed by atoms with Crippen molar-refractivity contribution in [2.24, 2.45) is 5.73 Å². The lowest BCUT2D eigenvalue weighted by molar-refractivity contribution is -0.114. The van der Waals surface area contributed by atoms with Crippen molar-refractivity contribution in [3.63, 3.8) is 0 Å². The van der Waals surface area contributed by atoms with E-state index in [2.05, 4.69) is 0 Å². The van der Waals surface area contributed by atoms with E-state index >= 15 is 0 Å². The van der Waals surface area contributed by atoms with Crippen LogP contribution in [0.2, 0.25) is 0 Å². The zero-order valence-corrected chi connectivity index (χ0v) is 7.94. The van der Waals surface area contributed by atoms with Crippen LogP contribution in [0.25, 0.3) is 0 Å². The predicted molar refractivity (Wildman–Crippen MR) is 55.6 cm³/mol. The molecule has 1 aromatic carbocycles. The number of hydrogen-bond donors (Lipinski definition) is 1. The third-order valence-corrected chi connectivity index (χ3v) is 2.40. The Hall–Kier alpha value is -1.35. The standard InChI is InChI=1S/C11H13N2O/c12-8-9-3-1-4-10(7-9)13-6-2-5-11(13)14/h1,3-5,7H,2,6,8,12H2. The number of carbonyl (C=O) groups excluding carboxylic acids is 1. The molecule has 14 heavy (non-hydrogen) atoms. The molecule has 1 aliphatic rings. The fourth-order valence-electron chi connectivity index (χ4n) is 1.65. The highest BCUT2D eigenvalue weighted by molar-refractivity contribution is 6.01. The lowest BCUT2D eigenvalue weighted by Crippen LogP contribution is -2.23. The van der Waals surface area contributed by atoms with Gasteiger partial charge in [-0.2, -0.15) is 0 Å². The van der Waals surface area contributed by atoms with E-state index in [1.54, 1.807) is 11.3 Å². The van der Waals surface area contributed by atoms with E-state index in [0.717, 1.165) is 24.2 Å². The summed E-state index contributed by atoms with van der Waals surface area (Å²) in [5.74, 6) is 0.0965. The van der Waals surface area contributed by atoms with Crippen LogP contribution in [0, 0.1) is 6.42 Å². The smallest absolute Gasteiger partial charge is 0.230 e. The van der Waals surface area contributed by atoms with Gasteiger partial charge >= 0.3 is 0 Å². The molecule has 3 nitrogen and oxygen atoms in total. The molecule has 1 aromatic rings. The van der Waals surface area contributed by atoms with Gasteiger partial charge in [-0.1, -0.05) is 12.1 Å². The highest BCUT2D eigenvalue weighted by Crippen LogP contribution is 2.21. The number of nitrogens with zero attached hydrogens (tertiary/aromatic N) is 1. The van der Waals surface area contributed by atoms with E-state index in [1.807, 2.05) is 24.3 Å². The number of amides is 1. The van der Waals surface area contributed by atoms with Crippen molar-refractivity contribution in [2.75, 3.05) is 11.4 Å². The number of rotatable bonds is 2. The number of benzene rings is 1. The van der Waals surface area contributed by atoms with Crippen LogP contribution in [0.3, 0.4) is 0 Å². The van der Waals surface area contributed by atoms with Gasteiger partial charge in [-0.15, -0.1) is 0 Å². The molecule has 3 heteroatoms. The van der Waals surface area contributed by atoms with E-state index < -0.39 is 0 Å². The average molecular weight is 189 g/mol. The molecule has 0 aromatic heterocycles. The molecule has 73 valence electrons. The van der Waals surface area contributed by atoms with Crippen LogP contribution in [-0.2, 0) is 11.3 Å². The van der Waals surface area contributed by atoms with Gasteiger partial charge in [0.1, 0.15) is 0 Å². The first-order chi connectivity index (χ1) is 6.81. The van der Waals surface area contributed by atoms with Crippen LogP contribution in [0.5, 0.6) is 0 Å². The summed E-state index contributed by atoms with van der Waals surface area (Å²) in [6.45, 7) is 1.30. The maximum Gasteiger partial charge on any atom is 0.230 e. The van der Waals surface area contributed by atoms with E-state index in [9.17, 15) is 4.79 Å². The molecule has 1 amide bonds. The van der Waals surface area contributed by atoms with Crippen LogP contribution in [0.15, 0.2) is 24.3 Å². The Morgan fingerprint density at radius 3 is 2.93 bits per heavy atom. The number of carbonyl (C=O) groups is 1. The Morgan fingerprint density at radius 2 is 2.29 bits per heavy atom. The largest absolute Gasteiger partial charge is 0.326 e. The number of anilines is 1. The normalized spacial score (nSPS) is 16.4. The van der Waals surface area contributed by atoms with Gasteiger partial charge in [0.05, 0.1) is 6.42 Å². The lowest BCUT2D eigenvalue weighted by atomic mass is 10.2. The van der Waals surface area contributed by atoms with Crippen molar-refractivity contribution in [3.8, 4) is 0 Å². The second-order valence-electron chi connectivity index (χ2n) is 3.36. The first-order valence-electron chi connectivity index (χ1n) is 4.75. The van der Waals surface area contributed by atoms with Crippen LogP contribution in [-0.4, -0.2) is 12.5 Å². The Balaban J connectivity index is 2.26. The van der Waals surface area contributed by atoms with E-state index in [-0.39, 0.29) is 5.91 Å². The topological polar surface area (TPSA) is 46.3 Å². The zero-order valence-electron chi connectivity index (χ0n) is 7.94. The molecular formula is C11H13N2O. The van der Waals surface area contributed by atoms with Crippen LogP contribution >= 0.6 is 0 Å². The highest BCUT2D eigenvalue weighted by Gasteiger charge is 2.21. The van der Waals surface area contributed by atoms with Crippen LogP contribution in [0.4, 0.5) is 5.69 Å². The summed E-state index contributed by atoms with van der Waals surface area (Å²) in [5, 5.41) is 0. The molecule has 1 heterocycles. The Kier molecular flexibility index (Phi) is 2.50. The minimum atomic E-state index is 0.0965. The number of hydrogen-bond acceptors (Lipinski definition) is 2. The molecule has 2 N–H and O–H groups in total. The van der Waals surface area contributed by atoms with Crippen molar-refractivity contribution in [2.45, 2.75) is 13.0 Å². The minimum absolute atomic E-state index is 0.0965. The van der Waals surface area contributed by atoms with E-state index in [4.69, 9.17) is 5.73 Å². The van der Waals surface area contributed by atoms with Gasteiger partial charge in [-0.3, -0.25) is 4.79 Å². The van der Waals surface area contributed by atoms with Gasteiger partial charge in [0, 0.05) is 18.8 Å². The maximum atomic E-state index is 11.4. The lowest BCUT2D eigenvalue weighted by Gasteiger charge is -2.16. The van der Waals surface area contributed by atoms with E-state index in [0.29, 0.717) is 6.54 Å². The second-order valence-corrected chi connectivity index (χ2v) is 3.36. The Bertz CT molecular complexity index is 349. The molecule has 1 aliphatic heterocycles. The van der Waals surface area contributed by atoms with Crippen LogP contribution < -0.4 is 10.6 Å². The molecule has 0 saturated carbocycles. The number of nitrogens with two attached hydrogens (primary N) is 1. The first-order valence-corrected chi connectivity index (χ1v) is 4.75.